The van der Waals surface area contributed by atoms with Crippen molar-refractivity contribution in [2.45, 2.75) is 33.7 Å². The van der Waals surface area contributed by atoms with Crippen molar-refractivity contribution >= 4 is 17.4 Å². The number of aromatic nitrogens is 3. The highest BCUT2D eigenvalue weighted by atomic mass is 35.5. The van der Waals surface area contributed by atoms with Gasteiger partial charge in [-0.2, -0.15) is 5.10 Å². The molecule has 0 atom stereocenters. The number of carbonyl (C=O) groups excluding carboxylic acids is 1. The third-order valence-corrected chi connectivity index (χ3v) is 3.45. The molecular formula is C14H16ClN3O. The Hall–Kier alpha value is -1.68. The molecule has 0 bridgehead atoms. The first kappa shape index (κ1) is 13.7. The summed E-state index contributed by atoms with van der Waals surface area (Å²) in [4.78, 5) is 16.5. The van der Waals surface area contributed by atoms with E-state index in [1.807, 2.05) is 32.9 Å². The van der Waals surface area contributed by atoms with E-state index in [1.54, 1.807) is 10.7 Å². The van der Waals surface area contributed by atoms with Crippen LogP contribution in [0.25, 0.3) is 0 Å². The van der Waals surface area contributed by atoms with E-state index >= 15 is 0 Å². The van der Waals surface area contributed by atoms with Crippen molar-refractivity contribution < 1.29 is 4.79 Å². The van der Waals surface area contributed by atoms with Crippen LogP contribution in [0.4, 0.5) is 0 Å². The lowest BCUT2D eigenvalue weighted by molar-refractivity contribution is 0.0985. The molecule has 0 fully saturated rings. The summed E-state index contributed by atoms with van der Waals surface area (Å²) in [6.45, 7) is 6.37. The normalized spacial score (nSPS) is 10.7. The Bertz CT molecular complexity index is 619. The first-order chi connectivity index (χ1) is 9.02. The van der Waals surface area contributed by atoms with E-state index in [2.05, 4.69) is 10.1 Å². The summed E-state index contributed by atoms with van der Waals surface area (Å²) in [6, 6.07) is 5.42. The highest BCUT2D eigenvalue weighted by Gasteiger charge is 2.17. The molecule has 0 saturated heterocycles. The number of nitrogens with zero attached hydrogens (tertiary/aromatic N) is 3. The van der Waals surface area contributed by atoms with Gasteiger partial charge in [-0.3, -0.25) is 14.5 Å². The Labute approximate surface area is 117 Å². The van der Waals surface area contributed by atoms with Gasteiger partial charge in [0.2, 0.25) is 0 Å². The molecule has 0 aliphatic rings. The molecule has 2 aromatic heterocycles. The molecule has 5 heteroatoms. The van der Waals surface area contributed by atoms with Crippen LogP contribution in [-0.4, -0.2) is 20.5 Å². The maximum absolute atomic E-state index is 12.2. The topological polar surface area (TPSA) is 47.8 Å². The van der Waals surface area contributed by atoms with E-state index in [-0.39, 0.29) is 12.2 Å². The zero-order valence-corrected chi connectivity index (χ0v) is 12.0. The van der Waals surface area contributed by atoms with E-state index in [0.717, 1.165) is 17.1 Å². The summed E-state index contributed by atoms with van der Waals surface area (Å²) < 4.78 is 1.77. The molecule has 100 valence electrons. The molecule has 2 heterocycles. The number of rotatable bonds is 4. The Balaban J connectivity index is 2.29. The lowest BCUT2D eigenvalue weighted by Gasteiger charge is -2.05. The molecule has 0 N–H and O–H groups in total. The smallest absolute Gasteiger partial charge is 0.187 e. The number of hydrogen-bond acceptors (Lipinski definition) is 3. The van der Waals surface area contributed by atoms with E-state index < -0.39 is 0 Å². The second-order valence-electron chi connectivity index (χ2n) is 4.43. The molecule has 4 nitrogen and oxygen atoms in total. The van der Waals surface area contributed by atoms with Crippen molar-refractivity contribution in [2.24, 2.45) is 0 Å². The van der Waals surface area contributed by atoms with Gasteiger partial charge in [-0.15, -0.1) is 0 Å². The molecule has 0 aliphatic carbocycles. The Morgan fingerprint density at radius 3 is 2.74 bits per heavy atom. The van der Waals surface area contributed by atoms with E-state index in [9.17, 15) is 4.79 Å². The van der Waals surface area contributed by atoms with Gasteiger partial charge >= 0.3 is 0 Å². The van der Waals surface area contributed by atoms with Crippen LogP contribution in [0.3, 0.4) is 0 Å². The van der Waals surface area contributed by atoms with Crippen LogP contribution >= 0.6 is 11.6 Å². The second-order valence-corrected chi connectivity index (χ2v) is 4.80. The minimum absolute atomic E-state index is 0.0415. The standard InChI is InChI=1S/C14H16ClN3O/c1-4-18-12(14(15)10(3)17-18)8-13(19)11-7-5-6-9(2)16-11/h5-7H,4,8H2,1-3H3. The molecule has 0 spiro atoms. The van der Waals surface area contributed by atoms with Crippen LogP contribution < -0.4 is 0 Å². The van der Waals surface area contributed by atoms with Crippen LogP contribution in [0.15, 0.2) is 18.2 Å². The van der Waals surface area contributed by atoms with Gasteiger partial charge in [-0.25, -0.2) is 0 Å². The minimum Gasteiger partial charge on any atom is -0.292 e. The van der Waals surface area contributed by atoms with Crippen molar-refractivity contribution in [3.63, 3.8) is 0 Å². The zero-order valence-electron chi connectivity index (χ0n) is 11.3. The average Bonchev–Trinajstić information content (AvgIpc) is 2.66. The molecule has 19 heavy (non-hydrogen) atoms. The number of halogens is 1. The number of ketones is 1. The van der Waals surface area contributed by atoms with Crippen LogP contribution in [0, 0.1) is 13.8 Å². The molecule has 0 saturated carbocycles. The monoisotopic (exact) mass is 277 g/mol. The molecule has 0 aromatic carbocycles. The lowest BCUT2D eigenvalue weighted by Crippen LogP contribution is -2.11. The van der Waals surface area contributed by atoms with Crippen molar-refractivity contribution in [1.82, 2.24) is 14.8 Å². The molecule has 0 radical (unpaired) electrons. The highest BCUT2D eigenvalue weighted by molar-refractivity contribution is 6.32. The summed E-state index contributed by atoms with van der Waals surface area (Å²) >= 11 is 6.20. The predicted molar refractivity (Wildman–Crippen MR) is 74.7 cm³/mol. The maximum Gasteiger partial charge on any atom is 0.187 e. The molecular weight excluding hydrogens is 262 g/mol. The number of aryl methyl sites for hydroxylation is 3. The largest absolute Gasteiger partial charge is 0.292 e. The van der Waals surface area contributed by atoms with Crippen LogP contribution in [0.2, 0.25) is 5.02 Å². The Kier molecular flexibility index (Phi) is 4.00. The number of pyridine rings is 1. The first-order valence-corrected chi connectivity index (χ1v) is 6.59. The highest BCUT2D eigenvalue weighted by Crippen LogP contribution is 2.21. The predicted octanol–water partition coefficient (Wildman–Crippen LogP) is 2.99. The summed E-state index contributed by atoms with van der Waals surface area (Å²) in [5.74, 6) is -0.0415. The van der Waals surface area contributed by atoms with Crippen molar-refractivity contribution in [3.8, 4) is 0 Å². The fourth-order valence-electron chi connectivity index (χ4n) is 1.98. The van der Waals surface area contributed by atoms with E-state index in [0.29, 0.717) is 17.3 Å². The number of Topliss-reactive ketones (excluding diaryl/α,β-unsaturated/α-hetero) is 1. The van der Waals surface area contributed by atoms with Crippen LogP contribution in [0.1, 0.15) is 34.5 Å². The summed E-state index contributed by atoms with van der Waals surface area (Å²) in [6.07, 6.45) is 0.226. The van der Waals surface area contributed by atoms with Gasteiger partial charge in [0.1, 0.15) is 5.69 Å². The SMILES string of the molecule is CCn1nc(C)c(Cl)c1CC(=O)c1cccc(C)n1. The van der Waals surface area contributed by atoms with Gasteiger partial charge < -0.3 is 0 Å². The van der Waals surface area contributed by atoms with Gasteiger partial charge in [-0.1, -0.05) is 17.7 Å². The van der Waals surface area contributed by atoms with Gasteiger partial charge in [0.25, 0.3) is 0 Å². The van der Waals surface area contributed by atoms with Crippen molar-refractivity contribution in [2.75, 3.05) is 0 Å². The first-order valence-electron chi connectivity index (χ1n) is 6.21. The lowest BCUT2D eigenvalue weighted by atomic mass is 10.1. The van der Waals surface area contributed by atoms with Gasteiger partial charge in [-0.05, 0) is 32.9 Å². The van der Waals surface area contributed by atoms with Gasteiger partial charge in [0.05, 0.1) is 22.8 Å². The third kappa shape index (κ3) is 2.84. The fraction of sp³-hybridized carbons (Fsp3) is 0.357. The summed E-state index contributed by atoms with van der Waals surface area (Å²) in [5.41, 5.74) is 2.81. The third-order valence-electron chi connectivity index (χ3n) is 2.95. The van der Waals surface area contributed by atoms with Crippen molar-refractivity contribution in [1.29, 1.82) is 0 Å². The van der Waals surface area contributed by atoms with Gasteiger partial charge in [0.15, 0.2) is 5.78 Å². The minimum atomic E-state index is -0.0415. The fourth-order valence-corrected chi connectivity index (χ4v) is 2.18. The molecule has 2 rings (SSSR count). The van der Waals surface area contributed by atoms with E-state index in [1.165, 1.54) is 0 Å². The number of carbonyl (C=O) groups is 1. The zero-order chi connectivity index (χ0) is 14.0. The molecule has 0 aliphatic heterocycles. The molecule has 2 aromatic rings. The van der Waals surface area contributed by atoms with Crippen LogP contribution in [0.5, 0.6) is 0 Å². The van der Waals surface area contributed by atoms with Crippen LogP contribution in [-0.2, 0) is 13.0 Å². The number of hydrogen-bond donors (Lipinski definition) is 0. The Morgan fingerprint density at radius 2 is 2.11 bits per heavy atom. The summed E-state index contributed by atoms with van der Waals surface area (Å²) in [7, 11) is 0. The summed E-state index contributed by atoms with van der Waals surface area (Å²) in [5, 5.41) is 4.88. The molecule has 0 unspecified atom stereocenters. The van der Waals surface area contributed by atoms with Gasteiger partial charge in [0, 0.05) is 12.2 Å². The quantitative estimate of drug-likeness (QED) is 0.807. The maximum atomic E-state index is 12.2. The average molecular weight is 278 g/mol. The molecule has 0 amide bonds. The van der Waals surface area contributed by atoms with E-state index in [4.69, 9.17) is 11.6 Å². The second kappa shape index (κ2) is 5.53. The Morgan fingerprint density at radius 1 is 1.37 bits per heavy atom. The van der Waals surface area contributed by atoms with Crippen molar-refractivity contribution in [3.05, 3.63) is 46.0 Å².